The molecule has 0 bridgehead atoms. The average molecular weight is 411 g/mol. The molecule has 1 N–H and O–H groups in total. The normalized spacial score (nSPS) is 18.4. The predicted molar refractivity (Wildman–Crippen MR) is 80.6 cm³/mol. The van der Waals surface area contributed by atoms with Crippen molar-refractivity contribution < 1.29 is 14.7 Å². The molecule has 2 rings (SSSR count). The van der Waals surface area contributed by atoms with Crippen LogP contribution in [0.2, 0.25) is 0 Å². The van der Waals surface area contributed by atoms with Crippen LogP contribution in [0.4, 0.5) is 0 Å². The molecule has 1 aromatic rings. The van der Waals surface area contributed by atoms with E-state index in [2.05, 4.69) is 31.9 Å². The van der Waals surface area contributed by atoms with E-state index in [1.165, 1.54) is 11.3 Å². The Morgan fingerprint density at radius 2 is 1.95 bits per heavy atom. The van der Waals surface area contributed by atoms with E-state index in [0.29, 0.717) is 30.8 Å². The molecule has 1 fully saturated rings. The van der Waals surface area contributed by atoms with Gasteiger partial charge in [-0.3, -0.25) is 9.59 Å². The van der Waals surface area contributed by atoms with Crippen LogP contribution >= 0.6 is 43.2 Å². The smallest absolute Gasteiger partial charge is 0.309 e. The summed E-state index contributed by atoms with van der Waals surface area (Å²) < 4.78 is 1.76. The van der Waals surface area contributed by atoms with E-state index >= 15 is 0 Å². The Kier molecular flexibility index (Phi) is 4.37. The van der Waals surface area contributed by atoms with E-state index in [4.69, 9.17) is 5.11 Å². The van der Waals surface area contributed by atoms with Crippen LogP contribution in [0.1, 0.15) is 29.4 Å². The number of piperidine rings is 1. The second-order valence-corrected chi connectivity index (χ2v) is 8.11. The lowest BCUT2D eigenvalue weighted by Crippen LogP contribution is -2.45. The second-order valence-electron chi connectivity index (χ2n) is 4.89. The van der Waals surface area contributed by atoms with Crippen LogP contribution in [0.3, 0.4) is 0 Å². The van der Waals surface area contributed by atoms with Gasteiger partial charge in [-0.2, -0.15) is 0 Å². The number of aliphatic carboxylic acids is 1. The van der Waals surface area contributed by atoms with E-state index in [-0.39, 0.29) is 5.91 Å². The average Bonchev–Trinajstić information content (AvgIpc) is 2.69. The third-order valence-electron chi connectivity index (χ3n) is 3.53. The fourth-order valence-corrected chi connectivity index (χ4v) is 4.03. The molecule has 1 saturated heterocycles. The number of likely N-dealkylation sites (tertiary alicyclic amines) is 1. The maximum atomic E-state index is 12.3. The minimum Gasteiger partial charge on any atom is -0.481 e. The Morgan fingerprint density at radius 1 is 1.37 bits per heavy atom. The number of thiophene rings is 1. The minimum atomic E-state index is -0.777. The highest BCUT2D eigenvalue weighted by molar-refractivity contribution is 9.13. The number of rotatable bonds is 2. The molecule has 104 valence electrons. The maximum absolute atomic E-state index is 12.3. The summed E-state index contributed by atoms with van der Waals surface area (Å²) in [6, 6.07) is 1.79. The zero-order chi connectivity index (χ0) is 14.2. The van der Waals surface area contributed by atoms with E-state index < -0.39 is 11.4 Å². The largest absolute Gasteiger partial charge is 0.481 e. The number of carboxylic acid groups (broad SMARTS) is 1. The molecule has 0 radical (unpaired) electrons. The van der Waals surface area contributed by atoms with Crippen molar-refractivity contribution in [3.8, 4) is 0 Å². The summed E-state index contributed by atoms with van der Waals surface area (Å²) in [5, 5.41) is 9.17. The molecule has 1 aliphatic rings. The third kappa shape index (κ3) is 3.03. The van der Waals surface area contributed by atoms with Gasteiger partial charge < -0.3 is 10.0 Å². The van der Waals surface area contributed by atoms with Gasteiger partial charge in [0.05, 0.1) is 14.1 Å². The van der Waals surface area contributed by atoms with Crippen molar-refractivity contribution in [2.75, 3.05) is 13.1 Å². The molecule has 0 atom stereocenters. The standard InChI is InChI=1S/C12H13Br2NO3S/c1-12(11(17)18)2-4-15(5-3-12)10(16)8-6-7(13)9(14)19-8/h6H,2-5H2,1H3,(H,17,18). The molecule has 4 nitrogen and oxygen atoms in total. The van der Waals surface area contributed by atoms with Gasteiger partial charge in [-0.05, 0) is 57.7 Å². The Bertz CT molecular complexity index is 502. The highest BCUT2D eigenvalue weighted by Gasteiger charge is 2.38. The molecule has 1 aromatic heterocycles. The molecule has 7 heteroatoms. The summed E-state index contributed by atoms with van der Waals surface area (Å²) in [5.74, 6) is -0.801. The third-order valence-corrected chi connectivity index (χ3v) is 6.77. The van der Waals surface area contributed by atoms with Crippen molar-refractivity contribution in [3.05, 3.63) is 19.2 Å². The fourth-order valence-electron chi connectivity index (χ4n) is 2.03. The van der Waals surface area contributed by atoms with Crippen molar-refractivity contribution in [1.29, 1.82) is 0 Å². The zero-order valence-electron chi connectivity index (χ0n) is 10.3. The van der Waals surface area contributed by atoms with Gasteiger partial charge in [-0.25, -0.2) is 0 Å². The molecule has 0 aromatic carbocycles. The first-order valence-corrected chi connectivity index (χ1v) is 8.21. The van der Waals surface area contributed by atoms with Gasteiger partial charge in [0.1, 0.15) is 0 Å². The fraction of sp³-hybridized carbons (Fsp3) is 0.500. The summed E-state index contributed by atoms with van der Waals surface area (Å²) in [5.41, 5.74) is -0.701. The molecular formula is C12H13Br2NO3S. The molecule has 0 unspecified atom stereocenters. The second kappa shape index (κ2) is 5.54. The quantitative estimate of drug-likeness (QED) is 0.810. The van der Waals surface area contributed by atoms with Crippen LogP contribution in [0.5, 0.6) is 0 Å². The molecule has 19 heavy (non-hydrogen) atoms. The molecular weight excluding hydrogens is 398 g/mol. The summed E-state index contributed by atoms with van der Waals surface area (Å²) in [6.07, 6.45) is 1.00. The Hall–Kier alpha value is -0.400. The number of hydrogen-bond acceptors (Lipinski definition) is 3. The summed E-state index contributed by atoms with van der Waals surface area (Å²) in [7, 11) is 0. The number of amides is 1. The van der Waals surface area contributed by atoms with Gasteiger partial charge in [0.2, 0.25) is 0 Å². The summed E-state index contributed by atoms with van der Waals surface area (Å²) in [4.78, 5) is 25.8. The van der Waals surface area contributed by atoms with Crippen LogP contribution in [-0.4, -0.2) is 35.0 Å². The first kappa shape index (κ1) is 15.0. The minimum absolute atomic E-state index is 0.0242. The SMILES string of the molecule is CC1(C(=O)O)CCN(C(=O)c2cc(Br)c(Br)s2)CC1. The van der Waals surface area contributed by atoms with Crippen LogP contribution in [0.25, 0.3) is 0 Å². The maximum Gasteiger partial charge on any atom is 0.309 e. The lowest BCUT2D eigenvalue weighted by atomic mass is 9.80. The van der Waals surface area contributed by atoms with Gasteiger partial charge in [-0.1, -0.05) is 0 Å². The topological polar surface area (TPSA) is 57.6 Å². The number of nitrogens with zero attached hydrogens (tertiary/aromatic N) is 1. The van der Waals surface area contributed by atoms with Gasteiger partial charge in [0, 0.05) is 17.6 Å². The lowest BCUT2D eigenvalue weighted by Gasteiger charge is -2.36. The molecule has 2 heterocycles. The van der Waals surface area contributed by atoms with Gasteiger partial charge in [0.15, 0.2) is 0 Å². The number of carboxylic acids is 1. The summed E-state index contributed by atoms with van der Waals surface area (Å²) in [6.45, 7) is 2.74. The molecule has 0 aliphatic carbocycles. The lowest BCUT2D eigenvalue weighted by molar-refractivity contribution is -0.150. The van der Waals surface area contributed by atoms with Crippen molar-refractivity contribution in [2.45, 2.75) is 19.8 Å². The van der Waals surface area contributed by atoms with E-state index in [0.717, 1.165) is 8.26 Å². The van der Waals surface area contributed by atoms with Crippen LogP contribution in [0.15, 0.2) is 14.3 Å². The first-order valence-electron chi connectivity index (χ1n) is 5.81. The Balaban J connectivity index is 2.06. The number of carbonyl (C=O) groups is 2. The van der Waals surface area contributed by atoms with Gasteiger partial charge >= 0.3 is 5.97 Å². The van der Waals surface area contributed by atoms with E-state index in [1.54, 1.807) is 17.9 Å². The number of carbonyl (C=O) groups excluding carboxylic acids is 1. The monoisotopic (exact) mass is 409 g/mol. The molecule has 1 amide bonds. The highest BCUT2D eigenvalue weighted by atomic mass is 79.9. The molecule has 0 spiro atoms. The molecule has 1 aliphatic heterocycles. The van der Waals surface area contributed by atoms with E-state index in [1.807, 2.05) is 0 Å². The van der Waals surface area contributed by atoms with Gasteiger partial charge in [0.25, 0.3) is 5.91 Å². The first-order chi connectivity index (χ1) is 8.83. The zero-order valence-corrected chi connectivity index (χ0v) is 14.3. The van der Waals surface area contributed by atoms with Crippen molar-refractivity contribution in [1.82, 2.24) is 4.90 Å². The Morgan fingerprint density at radius 3 is 2.37 bits per heavy atom. The van der Waals surface area contributed by atoms with Crippen LogP contribution in [-0.2, 0) is 4.79 Å². The number of hydrogen-bond donors (Lipinski definition) is 1. The van der Waals surface area contributed by atoms with Gasteiger partial charge in [-0.15, -0.1) is 11.3 Å². The van der Waals surface area contributed by atoms with E-state index in [9.17, 15) is 9.59 Å². The predicted octanol–water partition coefficient (Wildman–Crippen LogP) is 3.60. The van der Waals surface area contributed by atoms with Crippen LogP contribution < -0.4 is 0 Å². The number of halogens is 2. The highest BCUT2D eigenvalue weighted by Crippen LogP contribution is 2.35. The van der Waals surface area contributed by atoms with Crippen molar-refractivity contribution in [2.24, 2.45) is 5.41 Å². The van der Waals surface area contributed by atoms with Crippen LogP contribution in [0, 0.1) is 5.41 Å². The van der Waals surface area contributed by atoms with Crippen molar-refractivity contribution >= 4 is 55.1 Å². The van der Waals surface area contributed by atoms with Crippen molar-refractivity contribution in [3.63, 3.8) is 0 Å². The summed E-state index contributed by atoms with van der Waals surface area (Å²) >= 11 is 8.11. The molecule has 0 saturated carbocycles. The Labute approximate surface area is 132 Å².